The molecule has 1 aliphatic carbocycles. The molecule has 118 valence electrons. The van der Waals surface area contributed by atoms with Crippen molar-refractivity contribution in [2.24, 2.45) is 0 Å². The third kappa shape index (κ3) is 1.91. The second kappa shape index (κ2) is 4.94. The summed E-state index contributed by atoms with van der Waals surface area (Å²) in [4.78, 5) is 20.5. The third-order valence-electron chi connectivity index (χ3n) is 2.45. The second-order valence-electron chi connectivity index (χ2n) is 3.48. The molecule has 12 heteroatoms. The van der Waals surface area contributed by atoms with Gasteiger partial charge in [0.2, 0.25) is 5.67 Å². The van der Waals surface area contributed by atoms with Gasteiger partial charge in [-0.05, 0) is 12.2 Å². The van der Waals surface area contributed by atoms with Gasteiger partial charge in [0.15, 0.2) is 0 Å². The first kappa shape index (κ1) is 20.5. The monoisotopic (exact) mass is 312 g/mol. The molecule has 0 radical (unpaired) electrons. The Balaban J connectivity index is 0. The minimum atomic E-state index is -6.18. The maximum Gasteiger partial charge on any atom is 0.356 e. The summed E-state index contributed by atoms with van der Waals surface area (Å²) in [5.74, 6) is -18.5. The van der Waals surface area contributed by atoms with E-state index >= 15 is 0 Å². The molecule has 0 saturated carbocycles. The first-order valence-corrected chi connectivity index (χ1v) is 4.11. The van der Waals surface area contributed by atoms with Crippen molar-refractivity contribution in [2.75, 3.05) is 0 Å². The predicted octanol–water partition coefficient (Wildman–Crippen LogP) is -0.504. The van der Waals surface area contributed by atoms with E-state index in [1.165, 1.54) is 0 Å². The number of carboxylic acids is 2. The molecule has 6 nitrogen and oxygen atoms in total. The second-order valence-corrected chi connectivity index (χ2v) is 3.48. The van der Waals surface area contributed by atoms with Crippen LogP contribution < -0.4 is 22.5 Å². The summed E-state index contributed by atoms with van der Waals surface area (Å²) < 4.78 is 78.4. The number of rotatable bonds is 2. The number of carbonyl (C=O) groups is 2. The summed E-state index contributed by atoms with van der Waals surface area (Å²) in [7, 11) is 0. The van der Waals surface area contributed by atoms with E-state index < -0.39 is 47.3 Å². The molecule has 0 aliphatic heterocycles. The number of hydrogen-bond donors (Lipinski definition) is 2. The number of allylic oxidation sites excluding steroid dienone is 1. The van der Waals surface area contributed by atoms with Crippen LogP contribution in [0.2, 0.25) is 0 Å². The van der Waals surface area contributed by atoms with Gasteiger partial charge in [0, 0.05) is 0 Å². The summed E-state index contributed by atoms with van der Waals surface area (Å²) in [5.41, 5.74) is -10.8. The number of quaternary nitrogens is 2. The summed E-state index contributed by atoms with van der Waals surface area (Å²) in [6.45, 7) is 0. The number of aliphatic carboxylic acids is 2. The molecule has 8 N–H and O–H groups in total. The summed E-state index contributed by atoms with van der Waals surface area (Å²) in [6, 6.07) is 0. The van der Waals surface area contributed by atoms with Crippen LogP contribution in [0.1, 0.15) is 0 Å². The zero-order valence-corrected chi connectivity index (χ0v) is 10.1. The Labute approximate surface area is 107 Å². The maximum absolute atomic E-state index is 13.5. The summed E-state index contributed by atoms with van der Waals surface area (Å²) in [5, 5.41) is 20.5. The van der Waals surface area contributed by atoms with Crippen LogP contribution in [0.3, 0.4) is 0 Å². The van der Waals surface area contributed by atoms with Crippen molar-refractivity contribution >= 4 is 11.9 Å². The molecule has 0 saturated heterocycles. The average Bonchev–Trinajstić information content (AvgIpc) is 2.21. The number of hydrogen-bond acceptors (Lipinski definition) is 4. The topological polar surface area (TPSA) is 153 Å². The van der Waals surface area contributed by atoms with Gasteiger partial charge in [-0.3, -0.25) is 0 Å². The number of carboxylic acid groups (broad SMARTS) is 2. The Kier molecular flexibility index (Phi) is 5.06. The van der Waals surface area contributed by atoms with Crippen LogP contribution in [0.15, 0.2) is 12.2 Å². The minimum Gasteiger partial charge on any atom is -0.546 e. The fourth-order valence-corrected chi connectivity index (χ4v) is 1.38. The van der Waals surface area contributed by atoms with E-state index in [1.54, 1.807) is 0 Å². The van der Waals surface area contributed by atoms with Crippen LogP contribution in [-0.4, -0.2) is 35.1 Å². The predicted molar refractivity (Wildman–Crippen MR) is 48.7 cm³/mol. The molecule has 1 aliphatic rings. The SMILES string of the molecule is O=C([O-])C1(F)C=CC(F)(F)C(F)(F)C1(F)C(=O)[O-].[NH4+].[NH4+]. The summed E-state index contributed by atoms with van der Waals surface area (Å²) in [6.07, 6.45) is -1.78. The molecule has 0 fully saturated rings. The van der Waals surface area contributed by atoms with Crippen LogP contribution in [0.4, 0.5) is 26.3 Å². The third-order valence-corrected chi connectivity index (χ3v) is 2.45. The molecule has 0 amide bonds. The van der Waals surface area contributed by atoms with Crippen molar-refractivity contribution in [1.82, 2.24) is 12.3 Å². The van der Waals surface area contributed by atoms with Crippen molar-refractivity contribution in [3.63, 3.8) is 0 Å². The highest BCUT2D eigenvalue weighted by Crippen LogP contribution is 2.54. The van der Waals surface area contributed by atoms with E-state index in [1.807, 2.05) is 0 Å². The molecule has 1 rings (SSSR count). The number of alkyl halides is 6. The average molecular weight is 312 g/mol. The van der Waals surface area contributed by atoms with Crippen LogP contribution in [-0.2, 0) is 9.59 Å². The summed E-state index contributed by atoms with van der Waals surface area (Å²) >= 11 is 0. The smallest absolute Gasteiger partial charge is 0.356 e. The van der Waals surface area contributed by atoms with Gasteiger partial charge >= 0.3 is 11.8 Å². The highest BCUT2D eigenvalue weighted by atomic mass is 19.3. The van der Waals surface area contributed by atoms with Gasteiger partial charge in [-0.15, -0.1) is 0 Å². The minimum absolute atomic E-state index is 0. The molecular weight excluding hydrogens is 302 g/mol. The highest BCUT2D eigenvalue weighted by Gasteiger charge is 2.80. The van der Waals surface area contributed by atoms with Gasteiger partial charge in [0.25, 0.3) is 5.67 Å². The lowest BCUT2D eigenvalue weighted by atomic mass is 9.74. The van der Waals surface area contributed by atoms with Crippen LogP contribution >= 0.6 is 0 Å². The lowest BCUT2D eigenvalue weighted by Crippen LogP contribution is -2.77. The lowest BCUT2D eigenvalue weighted by Gasteiger charge is -2.47. The number of halogens is 6. The van der Waals surface area contributed by atoms with E-state index in [0.717, 1.165) is 0 Å². The molecular formula is C8H10F6N2O4. The van der Waals surface area contributed by atoms with Gasteiger partial charge in [-0.25, -0.2) is 8.78 Å². The first-order valence-electron chi connectivity index (χ1n) is 4.11. The van der Waals surface area contributed by atoms with E-state index in [9.17, 15) is 46.1 Å². The zero-order chi connectivity index (χ0) is 14.6. The number of carbonyl (C=O) groups excluding carboxylic acids is 2. The first-order chi connectivity index (χ1) is 7.84. The van der Waals surface area contributed by atoms with E-state index in [4.69, 9.17) is 0 Å². The van der Waals surface area contributed by atoms with Gasteiger partial charge in [0.05, 0.1) is 11.9 Å². The van der Waals surface area contributed by atoms with Crippen molar-refractivity contribution in [3.05, 3.63) is 12.2 Å². The Morgan fingerprint density at radius 3 is 1.50 bits per heavy atom. The molecule has 0 spiro atoms. The molecule has 20 heavy (non-hydrogen) atoms. The van der Waals surface area contributed by atoms with Crippen molar-refractivity contribution in [1.29, 1.82) is 0 Å². The van der Waals surface area contributed by atoms with Crippen LogP contribution in [0.25, 0.3) is 0 Å². The Hall–Kier alpha value is -1.82. The molecule has 0 aromatic carbocycles. The van der Waals surface area contributed by atoms with E-state index in [2.05, 4.69) is 0 Å². The van der Waals surface area contributed by atoms with E-state index in [-0.39, 0.29) is 12.3 Å². The maximum atomic E-state index is 13.5. The van der Waals surface area contributed by atoms with Gasteiger partial charge < -0.3 is 32.1 Å². The standard InChI is InChI=1S/C8H4F6O4.2H3N/c9-5(3(15)16)1-2-6(10,11)8(13,14)7(5,12)4(17)18;;/h1-2H,(H,15,16)(H,17,18);2*1H3. The van der Waals surface area contributed by atoms with Gasteiger partial charge in [0.1, 0.15) is 0 Å². The van der Waals surface area contributed by atoms with E-state index in [0.29, 0.717) is 0 Å². The molecule has 0 aromatic rings. The highest BCUT2D eigenvalue weighted by molar-refractivity contribution is 5.93. The quantitative estimate of drug-likeness (QED) is 0.521. The van der Waals surface area contributed by atoms with Crippen LogP contribution in [0.5, 0.6) is 0 Å². The molecule has 0 bridgehead atoms. The zero-order valence-electron chi connectivity index (χ0n) is 10.1. The lowest BCUT2D eigenvalue weighted by molar-refractivity contribution is -0.371. The van der Waals surface area contributed by atoms with Crippen molar-refractivity contribution < 1.29 is 46.1 Å². The molecule has 0 aromatic heterocycles. The fraction of sp³-hybridized carbons (Fsp3) is 0.500. The molecule has 2 atom stereocenters. The van der Waals surface area contributed by atoms with Crippen LogP contribution in [0, 0.1) is 0 Å². The van der Waals surface area contributed by atoms with Crippen molar-refractivity contribution in [2.45, 2.75) is 23.2 Å². The van der Waals surface area contributed by atoms with Crippen molar-refractivity contribution in [3.8, 4) is 0 Å². The Morgan fingerprint density at radius 2 is 1.20 bits per heavy atom. The van der Waals surface area contributed by atoms with Gasteiger partial charge in [-0.1, -0.05) is 0 Å². The molecule has 0 heterocycles. The largest absolute Gasteiger partial charge is 0.546 e. The van der Waals surface area contributed by atoms with Gasteiger partial charge in [-0.2, -0.15) is 17.6 Å². The Bertz CT molecular complexity index is 456. The Morgan fingerprint density at radius 1 is 0.800 bits per heavy atom. The molecule has 2 unspecified atom stereocenters. The normalized spacial score (nSPS) is 33.5. The fourth-order valence-electron chi connectivity index (χ4n) is 1.38.